The summed E-state index contributed by atoms with van der Waals surface area (Å²) in [5, 5.41) is 11.8. The van der Waals surface area contributed by atoms with E-state index in [2.05, 4.69) is 5.32 Å². The van der Waals surface area contributed by atoms with Gasteiger partial charge in [0, 0.05) is 6.04 Å². The molecule has 1 unspecified atom stereocenters. The number of aliphatic hydroxyl groups is 1. The number of rotatable bonds is 5. The van der Waals surface area contributed by atoms with Gasteiger partial charge in [-0.15, -0.1) is 0 Å². The summed E-state index contributed by atoms with van der Waals surface area (Å²) in [4.78, 5) is 11.6. The van der Waals surface area contributed by atoms with Gasteiger partial charge in [-0.2, -0.15) is 0 Å². The number of ether oxygens (including phenoxy) is 1. The van der Waals surface area contributed by atoms with Crippen molar-refractivity contribution in [1.82, 2.24) is 5.32 Å². The van der Waals surface area contributed by atoms with Crippen molar-refractivity contribution in [1.29, 1.82) is 0 Å². The highest BCUT2D eigenvalue weighted by atomic mass is 16.5. The Morgan fingerprint density at radius 2 is 2.12 bits per heavy atom. The van der Waals surface area contributed by atoms with Gasteiger partial charge in [-0.25, -0.2) is 0 Å². The van der Waals surface area contributed by atoms with E-state index in [9.17, 15) is 4.79 Å². The molecule has 0 aliphatic heterocycles. The average Bonchev–Trinajstić information content (AvgIpc) is 3.14. The molecule has 2 rings (SSSR count). The van der Waals surface area contributed by atoms with Crippen LogP contribution >= 0.6 is 0 Å². The van der Waals surface area contributed by atoms with E-state index in [0.717, 1.165) is 18.4 Å². The second kappa shape index (κ2) is 5.19. The van der Waals surface area contributed by atoms with Crippen molar-refractivity contribution in [2.24, 2.45) is 0 Å². The van der Waals surface area contributed by atoms with E-state index in [1.54, 1.807) is 31.2 Å². The molecule has 4 nitrogen and oxygen atoms in total. The SMILES string of the molecule is CC(Oc1ccc(CO)cc1)C(=O)NC1CC1. The monoisotopic (exact) mass is 235 g/mol. The van der Waals surface area contributed by atoms with E-state index in [-0.39, 0.29) is 12.5 Å². The second-order valence-corrected chi connectivity index (χ2v) is 4.35. The number of aliphatic hydroxyl groups excluding tert-OH is 1. The first-order valence-corrected chi connectivity index (χ1v) is 5.86. The molecule has 1 atom stereocenters. The van der Waals surface area contributed by atoms with Gasteiger partial charge >= 0.3 is 0 Å². The van der Waals surface area contributed by atoms with Gasteiger partial charge in [0.25, 0.3) is 5.91 Å². The number of carbonyl (C=O) groups excluding carboxylic acids is 1. The normalized spacial score (nSPS) is 16.4. The summed E-state index contributed by atoms with van der Waals surface area (Å²) in [7, 11) is 0. The highest BCUT2D eigenvalue weighted by Crippen LogP contribution is 2.19. The van der Waals surface area contributed by atoms with Crippen LogP contribution in [0.1, 0.15) is 25.3 Å². The standard InChI is InChI=1S/C13H17NO3/c1-9(13(16)14-11-4-5-11)17-12-6-2-10(8-15)3-7-12/h2-3,6-7,9,11,15H,4-5,8H2,1H3,(H,14,16). The van der Waals surface area contributed by atoms with Crippen molar-refractivity contribution in [3.63, 3.8) is 0 Å². The third-order valence-electron chi connectivity index (χ3n) is 2.71. The van der Waals surface area contributed by atoms with Gasteiger partial charge in [0.1, 0.15) is 5.75 Å². The number of carbonyl (C=O) groups is 1. The Morgan fingerprint density at radius 1 is 1.47 bits per heavy atom. The van der Waals surface area contributed by atoms with Crippen molar-refractivity contribution in [2.75, 3.05) is 0 Å². The van der Waals surface area contributed by atoms with Crippen LogP contribution in [-0.4, -0.2) is 23.2 Å². The van der Waals surface area contributed by atoms with E-state index < -0.39 is 6.10 Å². The summed E-state index contributed by atoms with van der Waals surface area (Å²) < 4.78 is 5.51. The van der Waals surface area contributed by atoms with Gasteiger partial charge in [0.05, 0.1) is 6.61 Å². The van der Waals surface area contributed by atoms with Gasteiger partial charge in [-0.05, 0) is 37.5 Å². The first kappa shape index (κ1) is 11.9. The maximum absolute atomic E-state index is 11.6. The van der Waals surface area contributed by atoms with E-state index in [1.807, 2.05) is 0 Å². The molecule has 4 heteroatoms. The first-order valence-electron chi connectivity index (χ1n) is 5.86. The van der Waals surface area contributed by atoms with Gasteiger partial charge in [-0.1, -0.05) is 12.1 Å². The predicted octanol–water partition coefficient (Wildman–Crippen LogP) is 1.22. The largest absolute Gasteiger partial charge is 0.481 e. The van der Waals surface area contributed by atoms with Crippen molar-refractivity contribution >= 4 is 5.91 Å². The quantitative estimate of drug-likeness (QED) is 0.807. The lowest BCUT2D eigenvalue weighted by atomic mass is 10.2. The fourth-order valence-electron chi connectivity index (χ4n) is 1.48. The fraction of sp³-hybridized carbons (Fsp3) is 0.462. The highest BCUT2D eigenvalue weighted by molar-refractivity contribution is 5.81. The summed E-state index contributed by atoms with van der Waals surface area (Å²) in [6.45, 7) is 1.75. The lowest BCUT2D eigenvalue weighted by Crippen LogP contribution is -2.37. The molecule has 0 heterocycles. The van der Waals surface area contributed by atoms with Crippen LogP contribution < -0.4 is 10.1 Å². The molecule has 1 aromatic rings. The third kappa shape index (κ3) is 3.46. The number of benzene rings is 1. The summed E-state index contributed by atoms with van der Waals surface area (Å²) in [5.41, 5.74) is 0.826. The van der Waals surface area contributed by atoms with Gasteiger partial charge < -0.3 is 15.2 Å². The molecule has 0 radical (unpaired) electrons. The Hall–Kier alpha value is -1.55. The number of amides is 1. The molecular weight excluding hydrogens is 218 g/mol. The minimum atomic E-state index is -0.490. The first-order chi connectivity index (χ1) is 8.19. The molecule has 1 aliphatic rings. The molecule has 0 bridgehead atoms. The van der Waals surface area contributed by atoms with Crippen LogP contribution in [0.4, 0.5) is 0 Å². The number of hydrogen-bond donors (Lipinski definition) is 2. The minimum Gasteiger partial charge on any atom is -0.481 e. The number of hydrogen-bond acceptors (Lipinski definition) is 3. The Kier molecular flexibility index (Phi) is 3.64. The Balaban J connectivity index is 1.87. The minimum absolute atomic E-state index is 0.0119. The second-order valence-electron chi connectivity index (χ2n) is 4.35. The van der Waals surface area contributed by atoms with Crippen molar-refractivity contribution in [3.8, 4) is 5.75 Å². The molecule has 2 N–H and O–H groups in total. The zero-order valence-corrected chi connectivity index (χ0v) is 9.85. The lowest BCUT2D eigenvalue weighted by molar-refractivity contribution is -0.127. The summed E-state index contributed by atoms with van der Waals surface area (Å²) in [6, 6.07) is 7.42. The maximum Gasteiger partial charge on any atom is 0.260 e. The maximum atomic E-state index is 11.6. The molecule has 1 fully saturated rings. The predicted molar refractivity (Wildman–Crippen MR) is 63.6 cm³/mol. The number of nitrogens with one attached hydrogen (secondary N) is 1. The summed E-state index contributed by atoms with van der Waals surface area (Å²) >= 11 is 0. The summed E-state index contributed by atoms with van der Waals surface area (Å²) in [6.07, 6.45) is 1.66. The van der Waals surface area contributed by atoms with Crippen molar-refractivity contribution in [3.05, 3.63) is 29.8 Å². The molecular formula is C13H17NO3. The van der Waals surface area contributed by atoms with Gasteiger partial charge in [0.15, 0.2) is 6.10 Å². The molecule has 92 valence electrons. The zero-order chi connectivity index (χ0) is 12.3. The van der Waals surface area contributed by atoms with E-state index in [0.29, 0.717) is 11.8 Å². The fourth-order valence-corrected chi connectivity index (χ4v) is 1.48. The Labute approximate surface area is 101 Å². The Morgan fingerprint density at radius 3 is 2.65 bits per heavy atom. The molecule has 1 aliphatic carbocycles. The van der Waals surface area contributed by atoms with Crippen LogP contribution in [-0.2, 0) is 11.4 Å². The van der Waals surface area contributed by atoms with Crippen molar-refractivity contribution < 1.29 is 14.6 Å². The van der Waals surface area contributed by atoms with E-state index >= 15 is 0 Å². The topological polar surface area (TPSA) is 58.6 Å². The smallest absolute Gasteiger partial charge is 0.260 e. The molecule has 0 aromatic heterocycles. The molecule has 1 amide bonds. The molecule has 0 spiro atoms. The van der Waals surface area contributed by atoms with Crippen molar-refractivity contribution in [2.45, 2.75) is 38.5 Å². The molecule has 1 aromatic carbocycles. The summed E-state index contributed by atoms with van der Waals surface area (Å²) in [5.74, 6) is 0.569. The molecule has 0 saturated heterocycles. The van der Waals surface area contributed by atoms with Crippen LogP contribution in [0, 0.1) is 0 Å². The van der Waals surface area contributed by atoms with Crippen LogP contribution in [0.3, 0.4) is 0 Å². The lowest BCUT2D eigenvalue weighted by Gasteiger charge is -2.14. The van der Waals surface area contributed by atoms with E-state index in [4.69, 9.17) is 9.84 Å². The van der Waals surface area contributed by atoms with E-state index in [1.165, 1.54) is 0 Å². The molecule has 1 saturated carbocycles. The van der Waals surface area contributed by atoms with Crippen LogP contribution in [0.2, 0.25) is 0 Å². The third-order valence-corrected chi connectivity index (χ3v) is 2.71. The van der Waals surface area contributed by atoms with Gasteiger partial charge in [0.2, 0.25) is 0 Å². The highest BCUT2D eigenvalue weighted by Gasteiger charge is 2.26. The van der Waals surface area contributed by atoms with Gasteiger partial charge in [-0.3, -0.25) is 4.79 Å². The van der Waals surface area contributed by atoms with Crippen LogP contribution in [0.15, 0.2) is 24.3 Å². The average molecular weight is 235 g/mol. The van der Waals surface area contributed by atoms with Crippen LogP contribution in [0.25, 0.3) is 0 Å². The zero-order valence-electron chi connectivity index (χ0n) is 9.85. The van der Waals surface area contributed by atoms with Crippen LogP contribution in [0.5, 0.6) is 5.75 Å². The Bertz CT molecular complexity index is 384. The molecule has 17 heavy (non-hydrogen) atoms.